The summed E-state index contributed by atoms with van der Waals surface area (Å²) < 4.78 is 0. The Morgan fingerprint density at radius 1 is 1.43 bits per heavy atom. The smallest absolute Gasteiger partial charge is 0.0234 e. The van der Waals surface area contributed by atoms with Crippen molar-refractivity contribution < 1.29 is 0 Å². The molecule has 0 aliphatic heterocycles. The summed E-state index contributed by atoms with van der Waals surface area (Å²) in [5.74, 6) is 0. The zero-order chi connectivity index (χ0) is 10.8. The van der Waals surface area contributed by atoms with Crippen LogP contribution in [0.3, 0.4) is 0 Å². The van der Waals surface area contributed by atoms with Gasteiger partial charge in [0, 0.05) is 17.7 Å². The summed E-state index contributed by atoms with van der Waals surface area (Å²) in [5.41, 5.74) is 1.88. The quantitative estimate of drug-likeness (QED) is 0.659. The van der Waals surface area contributed by atoms with Gasteiger partial charge in [0.1, 0.15) is 0 Å². The number of hydrogen-bond donors (Lipinski definition) is 1. The Balaban J connectivity index is 2.25. The van der Waals surface area contributed by atoms with Crippen LogP contribution < -0.4 is 5.32 Å². The molecule has 0 saturated heterocycles. The molecule has 0 bridgehead atoms. The van der Waals surface area contributed by atoms with Crippen molar-refractivity contribution in [1.29, 1.82) is 0 Å². The molecule has 1 aliphatic carbocycles. The molecule has 80 valence electrons. The molecular weight excluding hydrogens is 170 g/mol. The minimum atomic E-state index is 0.328. The third-order valence-electron chi connectivity index (χ3n) is 2.76. The van der Waals surface area contributed by atoms with E-state index in [4.69, 9.17) is 0 Å². The largest absolute Gasteiger partial charge is 0.388 e. The van der Waals surface area contributed by atoms with Crippen LogP contribution in [-0.2, 0) is 0 Å². The second-order valence-electron chi connectivity index (χ2n) is 5.76. The van der Waals surface area contributed by atoms with Crippen LogP contribution in [0.25, 0.3) is 0 Å². The van der Waals surface area contributed by atoms with Gasteiger partial charge in [-0.2, -0.15) is 0 Å². The SMILES string of the molecule is C=CC1(CNC(=C)CC(C)(C)C)CC1. The van der Waals surface area contributed by atoms with Crippen LogP contribution >= 0.6 is 0 Å². The molecule has 0 aromatic carbocycles. The lowest BCUT2D eigenvalue weighted by Gasteiger charge is -2.22. The lowest BCUT2D eigenvalue weighted by molar-refractivity contribution is 0.394. The van der Waals surface area contributed by atoms with E-state index in [1.165, 1.54) is 12.8 Å². The van der Waals surface area contributed by atoms with Crippen LogP contribution in [0.1, 0.15) is 40.0 Å². The molecule has 0 radical (unpaired) electrons. The van der Waals surface area contributed by atoms with E-state index in [1.54, 1.807) is 0 Å². The standard InChI is InChI=1S/C13H23N/c1-6-13(7-8-13)10-14-11(2)9-12(3,4)5/h6,14H,1-2,7-10H2,3-5H3. The number of nitrogens with one attached hydrogen (secondary N) is 1. The highest BCUT2D eigenvalue weighted by atomic mass is 14.9. The summed E-state index contributed by atoms with van der Waals surface area (Å²) in [6.07, 6.45) is 5.70. The van der Waals surface area contributed by atoms with Crippen LogP contribution in [0.5, 0.6) is 0 Å². The zero-order valence-corrected chi connectivity index (χ0v) is 9.82. The van der Waals surface area contributed by atoms with Crippen molar-refractivity contribution in [3.63, 3.8) is 0 Å². The Bertz CT molecular complexity index is 228. The third-order valence-corrected chi connectivity index (χ3v) is 2.76. The van der Waals surface area contributed by atoms with E-state index >= 15 is 0 Å². The first-order valence-corrected chi connectivity index (χ1v) is 5.42. The first kappa shape index (κ1) is 11.4. The van der Waals surface area contributed by atoms with Gasteiger partial charge < -0.3 is 5.32 Å². The van der Waals surface area contributed by atoms with E-state index in [1.807, 2.05) is 0 Å². The first-order chi connectivity index (χ1) is 6.37. The Kier molecular flexibility index (Phi) is 3.08. The van der Waals surface area contributed by atoms with Gasteiger partial charge in [-0.3, -0.25) is 0 Å². The maximum absolute atomic E-state index is 4.06. The van der Waals surface area contributed by atoms with Crippen LogP contribution in [-0.4, -0.2) is 6.54 Å². The molecule has 0 spiro atoms. The Hall–Kier alpha value is -0.720. The lowest BCUT2D eigenvalue weighted by Crippen LogP contribution is -2.24. The van der Waals surface area contributed by atoms with Crippen molar-refractivity contribution in [2.75, 3.05) is 6.54 Å². The van der Waals surface area contributed by atoms with Crippen molar-refractivity contribution in [1.82, 2.24) is 5.32 Å². The molecule has 1 heteroatoms. The topological polar surface area (TPSA) is 12.0 Å². The fraction of sp³-hybridized carbons (Fsp3) is 0.692. The molecule has 1 N–H and O–H groups in total. The van der Waals surface area contributed by atoms with E-state index in [-0.39, 0.29) is 0 Å². The van der Waals surface area contributed by atoms with Gasteiger partial charge in [0.05, 0.1) is 0 Å². The van der Waals surface area contributed by atoms with Gasteiger partial charge in [-0.25, -0.2) is 0 Å². The molecule has 0 aromatic rings. The number of allylic oxidation sites excluding steroid dienone is 1. The number of hydrogen-bond acceptors (Lipinski definition) is 1. The molecule has 0 atom stereocenters. The maximum Gasteiger partial charge on any atom is 0.0234 e. The molecule has 1 nitrogen and oxygen atoms in total. The molecule has 0 heterocycles. The van der Waals surface area contributed by atoms with Gasteiger partial charge in [0.25, 0.3) is 0 Å². The predicted octanol–water partition coefficient (Wildman–Crippen LogP) is 3.49. The van der Waals surface area contributed by atoms with Gasteiger partial charge in [-0.1, -0.05) is 33.4 Å². The minimum absolute atomic E-state index is 0.328. The van der Waals surface area contributed by atoms with Crippen LogP contribution in [0, 0.1) is 10.8 Å². The van der Waals surface area contributed by atoms with Gasteiger partial charge in [0.2, 0.25) is 0 Å². The maximum atomic E-state index is 4.06. The lowest BCUT2D eigenvalue weighted by atomic mass is 9.91. The number of rotatable bonds is 5. The van der Waals surface area contributed by atoms with E-state index in [0.717, 1.165) is 18.7 Å². The third kappa shape index (κ3) is 3.57. The normalized spacial score (nSPS) is 18.8. The Morgan fingerprint density at radius 3 is 2.36 bits per heavy atom. The first-order valence-electron chi connectivity index (χ1n) is 5.42. The van der Waals surface area contributed by atoms with Crippen LogP contribution in [0.2, 0.25) is 0 Å². The molecule has 1 saturated carbocycles. The fourth-order valence-electron chi connectivity index (χ4n) is 1.62. The summed E-state index contributed by atoms with van der Waals surface area (Å²) in [6.45, 7) is 15.7. The van der Waals surface area contributed by atoms with Gasteiger partial charge in [0.15, 0.2) is 0 Å². The molecule has 1 rings (SSSR count). The summed E-state index contributed by atoms with van der Waals surface area (Å²) >= 11 is 0. The molecule has 0 aromatic heterocycles. The summed E-state index contributed by atoms with van der Waals surface area (Å²) in [5, 5.41) is 3.43. The van der Waals surface area contributed by atoms with Crippen molar-refractivity contribution in [3.05, 3.63) is 24.9 Å². The second kappa shape index (κ2) is 3.80. The second-order valence-corrected chi connectivity index (χ2v) is 5.76. The average Bonchev–Trinajstić information content (AvgIpc) is 2.78. The highest BCUT2D eigenvalue weighted by molar-refractivity contribution is 5.09. The molecule has 14 heavy (non-hydrogen) atoms. The fourth-order valence-corrected chi connectivity index (χ4v) is 1.62. The summed E-state index contributed by atoms with van der Waals surface area (Å²) in [6, 6.07) is 0. The molecular formula is C13H23N. The van der Waals surface area contributed by atoms with Crippen molar-refractivity contribution in [2.45, 2.75) is 40.0 Å². The minimum Gasteiger partial charge on any atom is -0.388 e. The highest BCUT2D eigenvalue weighted by Crippen LogP contribution is 2.46. The van der Waals surface area contributed by atoms with E-state index in [9.17, 15) is 0 Å². The van der Waals surface area contributed by atoms with Gasteiger partial charge >= 0.3 is 0 Å². The van der Waals surface area contributed by atoms with Gasteiger partial charge in [-0.05, 0) is 24.7 Å². The Labute approximate surface area is 88.3 Å². The monoisotopic (exact) mass is 193 g/mol. The van der Waals surface area contributed by atoms with Crippen LogP contribution in [0.15, 0.2) is 24.9 Å². The van der Waals surface area contributed by atoms with Crippen molar-refractivity contribution in [3.8, 4) is 0 Å². The molecule has 0 amide bonds. The van der Waals surface area contributed by atoms with E-state index in [2.05, 4.69) is 45.3 Å². The zero-order valence-electron chi connectivity index (χ0n) is 9.82. The Morgan fingerprint density at radius 2 is 2.00 bits per heavy atom. The highest BCUT2D eigenvalue weighted by Gasteiger charge is 2.39. The molecule has 1 aliphatic rings. The predicted molar refractivity (Wildman–Crippen MR) is 63.1 cm³/mol. The molecule has 1 fully saturated rings. The van der Waals surface area contributed by atoms with Crippen molar-refractivity contribution >= 4 is 0 Å². The summed E-state index contributed by atoms with van der Waals surface area (Å²) in [7, 11) is 0. The summed E-state index contributed by atoms with van der Waals surface area (Å²) in [4.78, 5) is 0. The van der Waals surface area contributed by atoms with E-state index in [0.29, 0.717) is 10.8 Å². The van der Waals surface area contributed by atoms with Crippen molar-refractivity contribution in [2.24, 2.45) is 10.8 Å². The molecule has 0 unspecified atom stereocenters. The van der Waals surface area contributed by atoms with Crippen LogP contribution in [0.4, 0.5) is 0 Å². The van der Waals surface area contributed by atoms with Gasteiger partial charge in [-0.15, -0.1) is 6.58 Å². The average molecular weight is 193 g/mol. The van der Waals surface area contributed by atoms with E-state index < -0.39 is 0 Å².